The second kappa shape index (κ2) is 5.60. The highest BCUT2D eigenvalue weighted by atomic mass is 16.5. The molecule has 0 saturated heterocycles. The quantitative estimate of drug-likeness (QED) is 0.808. The average molecular weight is 263 g/mol. The lowest BCUT2D eigenvalue weighted by atomic mass is 9.88. The third kappa shape index (κ3) is 2.62. The van der Waals surface area contributed by atoms with E-state index in [0.29, 0.717) is 0 Å². The van der Waals surface area contributed by atoms with Crippen molar-refractivity contribution in [2.45, 2.75) is 19.3 Å². The van der Waals surface area contributed by atoms with E-state index in [4.69, 9.17) is 15.2 Å². The molecule has 0 spiro atoms. The van der Waals surface area contributed by atoms with Gasteiger partial charge in [0.1, 0.15) is 11.5 Å². The number of hydrogen-bond donors (Lipinski definition) is 2. The smallest absolute Gasteiger partial charge is 0.332 e. The van der Waals surface area contributed by atoms with Crippen LogP contribution in [-0.4, -0.2) is 26.0 Å². The number of methoxy groups -OCH3 is 2. The van der Waals surface area contributed by atoms with Crippen molar-refractivity contribution in [1.82, 2.24) is 5.43 Å². The number of rotatable bonds is 3. The maximum atomic E-state index is 10.8. The van der Waals surface area contributed by atoms with Crippen LogP contribution in [0.3, 0.4) is 0 Å². The summed E-state index contributed by atoms with van der Waals surface area (Å²) in [5.41, 5.74) is 10.0. The number of hydrazone groups is 1. The average Bonchev–Trinajstić information content (AvgIpc) is 2.43. The number of primary amides is 1. The first-order chi connectivity index (χ1) is 9.17. The van der Waals surface area contributed by atoms with Crippen LogP contribution in [0, 0.1) is 0 Å². The van der Waals surface area contributed by atoms with Crippen molar-refractivity contribution in [1.29, 1.82) is 0 Å². The minimum Gasteiger partial charge on any atom is -0.496 e. The number of nitrogens with two attached hydrogens (primary N) is 1. The molecule has 2 amide bonds. The van der Waals surface area contributed by atoms with Gasteiger partial charge in [0, 0.05) is 11.1 Å². The van der Waals surface area contributed by atoms with Crippen molar-refractivity contribution in [3.8, 4) is 11.5 Å². The Kier molecular flexibility index (Phi) is 3.89. The number of carbonyl (C=O) groups is 1. The van der Waals surface area contributed by atoms with Gasteiger partial charge >= 0.3 is 6.03 Å². The molecule has 6 heteroatoms. The van der Waals surface area contributed by atoms with Crippen molar-refractivity contribution in [2.75, 3.05) is 14.2 Å². The Morgan fingerprint density at radius 3 is 2.58 bits per heavy atom. The molecule has 1 aromatic carbocycles. The van der Waals surface area contributed by atoms with Crippen LogP contribution in [0.4, 0.5) is 4.79 Å². The Labute approximate surface area is 111 Å². The molecule has 2 rings (SSSR count). The van der Waals surface area contributed by atoms with E-state index in [2.05, 4.69) is 10.5 Å². The molecule has 0 radical (unpaired) electrons. The Bertz CT molecular complexity index is 526. The second-order valence-corrected chi connectivity index (χ2v) is 4.21. The summed E-state index contributed by atoms with van der Waals surface area (Å²) in [6.07, 6.45) is 2.60. The monoisotopic (exact) mass is 263 g/mol. The van der Waals surface area contributed by atoms with Crippen molar-refractivity contribution >= 4 is 11.7 Å². The lowest BCUT2D eigenvalue weighted by Crippen LogP contribution is -2.27. The summed E-state index contributed by atoms with van der Waals surface area (Å²) < 4.78 is 10.7. The zero-order valence-electron chi connectivity index (χ0n) is 11.0. The van der Waals surface area contributed by atoms with Crippen LogP contribution in [0.1, 0.15) is 24.0 Å². The molecule has 1 aromatic rings. The Hall–Kier alpha value is -2.24. The molecule has 6 nitrogen and oxygen atoms in total. The van der Waals surface area contributed by atoms with Crippen molar-refractivity contribution < 1.29 is 14.3 Å². The number of carbonyl (C=O) groups excluding carboxylic acids is 1. The molecule has 19 heavy (non-hydrogen) atoms. The number of nitrogens with one attached hydrogen (secondary N) is 1. The molecular formula is C13H17N3O3. The lowest BCUT2D eigenvalue weighted by Gasteiger charge is -2.22. The maximum Gasteiger partial charge on any atom is 0.332 e. The van der Waals surface area contributed by atoms with Crippen LogP contribution in [0.2, 0.25) is 0 Å². The van der Waals surface area contributed by atoms with E-state index in [1.54, 1.807) is 14.2 Å². The third-order valence-corrected chi connectivity index (χ3v) is 3.10. The van der Waals surface area contributed by atoms with Gasteiger partial charge in [-0.3, -0.25) is 0 Å². The van der Waals surface area contributed by atoms with Gasteiger partial charge in [0.2, 0.25) is 0 Å². The topological polar surface area (TPSA) is 85.9 Å². The van der Waals surface area contributed by atoms with Crippen LogP contribution in [0.5, 0.6) is 11.5 Å². The van der Waals surface area contributed by atoms with E-state index in [9.17, 15) is 4.79 Å². The van der Waals surface area contributed by atoms with E-state index < -0.39 is 6.03 Å². The summed E-state index contributed by atoms with van der Waals surface area (Å²) >= 11 is 0. The summed E-state index contributed by atoms with van der Waals surface area (Å²) in [7, 11) is 3.24. The zero-order valence-corrected chi connectivity index (χ0v) is 11.0. The highest BCUT2D eigenvalue weighted by molar-refractivity contribution is 6.05. The number of hydrogen-bond acceptors (Lipinski definition) is 4. The predicted molar refractivity (Wildman–Crippen MR) is 71.7 cm³/mol. The number of urea groups is 1. The molecule has 0 fully saturated rings. The van der Waals surface area contributed by atoms with Crippen LogP contribution in [0.15, 0.2) is 17.2 Å². The summed E-state index contributed by atoms with van der Waals surface area (Å²) in [5, 5.41) is 4.06. The highest BCUT2D eigenvalue weighted by Gasteiger charge is 2.23. The molecule has 0 unspecified atom stereocenters. The minimum absolute atomic E-state index is 0.679. The molecule has 3 N–H and O–H groups in total. The highest BCUT2D eigenvalue weighted by Crippen LogP contribution is 2.36. The van der Waals surface area contributed by atoms with Crippen molar-refractivity contribution in [2.24, 2.45) is 10.8 Å². The molecule has 0 heterocycles. The molecule has 0 aliphatic heterocycles. The van der Waals surface area contributed by atoms with Gasteiger partial charge in [-0.15, -0.1) is 0 Å². The molecule has 0 aromatic heterocycles. The minimum atomic E-state index is -0.679. The fourth-order valence-electron chi connectivity index (χ4n) is 2.33. The van der Waals surface area contributed by atoms with Crippen molar-refractivity contribution in [3.63, 3.8) is 0 Å². The third-order valence-electron chi connectivity index (χ3n) is 3.10. The van der Waals surface area contributed by atoms with Gasteiger partial charge in [-0.05, 0) is 31.4 Å². The van der Waals surface area contributed by atoms with E-state index >= 15 is 0 Å². The zero-order chi connectivity index (χ0) is 13.8. The standard InChI is InChI=1S/C13H17N3O3/c1-18-10-6-7-11(19-2)12-8(10)4-3-5-9(12)15-16-13(14)17/h6-7H,3-5H2,1-2H3,(H3,14,16,17)/b15-9-. The number of ether oxygens (including phenoxy) is 2. The lowest BCUT2D eigenvalue weighted by molar-refractivity contribution is 0.249. The van der Waals surface area contributed by atoms with Gasteiger partial charge in [0.05, 0.1) is 19.9 Å². The fraction of sp³-hybridized carbons (Fsp3) is 0.385. The first-order valence-corrected chi connectivity index (χ1v) is 6.03. The van der Waals surface area contributed by atoms with Gasteiger partial charge in [0.25, 0.3) is 0 Å². The predicted octanol–water partition coefficient (Wildman–Crippen LogP) is 1.41. The number of amides is 2. The fourth-order valence-corrected chi connectivity index (χ4v) is 2.33. The maximum absolute atomic E-state index is 10.8. The molecule has 0 bridgehead atoms. The van der Waals surface area contributed by atoms with Gasteiger partial charge < -0.3 is 15.2 Å². The Morgan fingerprint density at radius 2 is 1.95 bits per heavy atom. The van der Waals surface area contributed by atoms with E-state index in [0.717, 1.165) is 47.6 Å². The van der Waals surface area contributed by atoms with Gasteiger partial charge in [-0.1, -0.05) is 0 Å². The molecule has 1 aliphatic carbocycles. The van der Waals surface area contributed by atoms with Crippen LogP contribution in [0.25, 0.3) is 0 Å². The molecular weight excluding hydrogens is 246 g/mol. The first-order valence-electron chi connectivity index (χ1n) is 6.03. The number of nitrogens with zero attached hydrogens (tertiary/aromatic N) is 1. The Morgan fingerprint density at radius 1 is 1.26 bits per heavy atom. The van der Waals surface area contributed by atoms with Crippen LogP contribution >= 0.6 is 0 Å². The second-order valence-electron chi connectivity index (χ2n) is 4.21. The molecule has 0 saturated carbocycles. The van der Waals surface area contributed by atoms with Crippen LogP contribution < -0.4 is 20.6 Å². The summed E-state index contributed by atoms with van der Waals surface area (Å²) in [6, 6.07) is 3.03. The van der Waals surface area contributed by atoms with Gasteiger partial charge in [-0.25, -0.2) is 10.2 Å². The SMILES string of the molecule is COc1ccc(OC)c2c1CCC/C2=N/NC(N)=O. The molecule has 0 atom stereocenters. The Balaban J connectivity index is 2.51. The number of fused-ring (bicyclic) bond motifs is 1. The van der Waals surface area contributed by atoms with Gasteiger partial charge in [0.15, 0.2) is 0 Å². The summed E-state index contributed by atoms with van der Waals surface area (Å²) in [6.45, 7) is 0. The van der Waals surface area contributed by atoms with Gasteiger partial charge in [-0.2, -0.15) is 5.10 Å². The summed E-state index contributed by atoms with van der Waals surface area (Å²) in [5.74, 6) is 1.53. The van der Waals surface area contributed by atoms with E-state index in [1.165, 1.54) is 0 Å². The molecule has 1 aliphatic rings. The number of benzene rings is 1. The molecule has 102 valence electrons. The van der Waals surface area contributed by atoms with Crippen molar-refractivity contribution in [3.05, 3.63) is 23.3 Å². The largest absolute Gasteiger partial charge is 0.496 e. The summed E-state index contributed by atoms with van der Waals surface area (Å²) in [4.78, 5) is 10.8. The van der Waals surface area contributed by atoms with Crippen LogP contribution in [-0.2, 0) is 6.42 Å². The normalized spacial score (nSPS) is 15.8. The van der Waals surface area contributed by atoms with E-state index in [1.807, 2.05) is 12.1 Å². The first kappa shape index (κ1) is 13.2. The van der Waals surface area contributed by atoms with E-state index in [-0.39, 0.29) is 0 Å².